The maximum absolute atomic E-state index is 13.3. The zero-order valence-electron chi connectivity index (χ0n) is 9.28. The molecule has 0 atom stereocenters. The number of fused-ring (bicyclic) bond motifs is 1. The van der Waals surface area contributed by atoms with Gasteiger partial charge in [0.1, 0.15) is 17.2 Å². The minimum Gasteiger partial charge on any atom is -0.342 e. The molecular weight excluding hydrogens is 198 g/mol. The Kier molecular flexibility index (Phi) is 3.39. The molecule has 1 N–H and O–H groups in total. The van der Waals surface area contributed by atoms with Gasteiger partial charge in [0.25, 0.3) is 0 Å². The molecule has 0 bridgehead atoms. The van der Waals surface area contributed by atoms with Crippen molar-refractivity contribution in [3.05, 3.63) is 29.1 Å². The average Bonchev–Trinajstić information content (AvgIpc) is 2.59. The van der Waals surface area contributed by atoms with Crippen LogP contribution in [0.25, 0.3) is 11.0 Å². The van der Waals surface area contributed by atoms with Crippen molar-refractivity contribution < 1.29 is 8.78 Å². The lowest BCUT2D eigenvalue weighted by molar-refractivity contribution is 0.575. The molecule has 0 aliphatic heterocycles. The number of aromatic amines is 1. The maximum Gasteiger partial charge on any atom is 0.156 e. The summed E-state index contributed by atoms with van der Waals surface area (Å²) in [6, 6.07) is 1.26. The van der Waals surface area contributed by atoms with Crippen molar-refractivity contribution in [1.29, 1.82) is 0 Å². The molecule has 2 aromatic rings. The summed E-state index contributed by atoms with van der Waals surface area (Å²) >= 11 is 0. The number of hydrogen-bond acceptors (Lipinski definition) is 1. The Labute approximate surface area is 87.3 Å². The van der Waals surface area contributed by atoms with Gasteiger partial charge in [-0.1, -0.05) is 13.8 Å². The molecule has 4 heteroatoms. The van der Waals surface area contributed by atoms with Crippen molar-refractivity contribution in [2.45, 2.75) is 27.7 Å². The van der Waals surface area contributed by atoms with E-state index in [0.717, 1.165) is 0 Å². The summed E-state index contributed by atoms with van der Waals surface area (Å²) < 4.78 is 26.4. The van der Waals surface area contributed by atoms with E-state index in [2.05, 4.69) is 9.97 Å². The van der Waals surface area contributed by atoms with Gasteiger partial charge < -0.3 is 4.98 Å². The molecule has 1 aromatic heterocycles. The van der Waals surface area contributed by atoms with Crippen LogP contribution in [0.2, 0.25) is 0 Å². The van der Waals surface area contributed by atoms with Crippen LogP contribution < -0.4 is 0 Å². The number of nitrogens with one attached hydrogen (secondary N) is 1. The van der Waals surface area contributed by atoms with Crippen LogP contribution in [-0.4, -0.2) is 9.97 Å². The second-order valence-electron chi connectivity index (χ2n) is 3.02. The topological polar surface area (TPSA) is 28.7 Å². The molecule has 0 aliphatic carbocycles. The van der Waals surface area contributed by atoms with E-state index >= 15 is 0 Å². The largest absolute Gasteiger partial charge is 0.342 e. The Morgan fingerprint density at radius 1 is 1.20 bits per heavy atom. The predicted octanol–water partition coefficient (Wildman–Crippen LogP) is 3.48. The third-order valence-corrected chi connectivity index (χ3v) is 2.02. The van der Waals surface area contributed by atoms with Crippen molar-refractivity contribution >= 4 is 11.0 Å². The van der Waals surface area contributed by atoms with Crippen LogP contribution in [0.4, 0.5) is 8.78 Å². The summed E-state index contributed by atoms with van der Waals surface area (Å²) in [4.78, 5) is 6.69. The second kappa shape index (κ2) is 4.38. The van der Waals surface area contributed by atoms with E-state index in [-0.39, 0.29) is 11.1 Å². The van der Waals surface area contributed by atoms with E-state index < -0.39 is 11.6 Å². The minimum atomic E-state index is -0.584. The molecular formula is C11H14F2N2. The number of H-pyrrole nitrogens is 1. The smallest absolute Gasteiger partial charge is 0.156 e. The summed E-state index contributed by atoms with van der Waals surface area (Å²) in [5.74, 6) is -0.549. The Morgan fingerprint density at radius 2 is 1.80 bits per heavy atom. The molecule has 1 heterocycles. The monoisotopic (exact) mass is 212 g/mol. The van der Waals surface area contributed by atoms with Crippen LogP contribution in [0.15, 0.2) is 6.07 Å². The minimum absolute atomic E-state index is 0.0130. The van der Waals surface area contributed by atoms with Crippen molar-refractivity contribution in [2.24, 2.45) is 0 Å². The lowest BCUT2D eigenvalue weighted by atomic mass is 10.2. The van der Waals surface area contributed by atoms with E-state index in [1.165, 1.54) is 13.0 Å². The molecule has 0 saturated heterocycles. The number of rotatable bonds is 0. The fourth-order valence-corrected chi connectivity index (χ4v) is 1.30. The Bertz CT molecular complexity index is 475. The molecule has 15 heavy (non-hydrogen) atoms. The molecule has 2 rings (SSSR count). The number of hydrogen-bond donors (Lipinski definition) is 1. The predicted molar refractivity (Wildman–Crippen MR) is 56.8 cm³/mol. The van der Waals surface area contributed by atoms with Gasteiger partial charge in [-0.15, -0.1) is 0 Å². The molecule has 0 saturated carbocycles. The van der Waals surface area contributed by atoms with Gasteiger partial charge in [0.15, 0.2) is 5.82 Å². The van der Waals surface area contributed by atoms with Crippen LogP contribution in [0.5, 0.6) is 0 Å². The summed E-state index contributed by atoms with van der Waals surface area (Å²) in [5.41, 5.74) is 0.619. The van der Waals surface area contributed by atoms with Crippen LogP contribution in [0, 0.1) is 25.5 Å². The quantitative estimate of drug-likeness (QED) is 0.711. The van der Waals surface area contributed by atoms with Gasteiger partial charge in [0.05, 0.1) is 5.52 Å². The first-order valence-electron chi connectivity index (χ1n) is 4.90. The average molecular weight is 212 g/mol. The second-order valence-corrected chi connectivity index (χ2v) is 3.02. The highest BCUT2D eigenvalue weighted by molar-refractivity contribution is 5.76. The molecule has 82 valence electrons. The number of aryl methyl sites for hydroxylation is 1. The molecule has 0 spiro atoms. The van der Waals surface area contributed by atoms with Crippen LogP contribution >= 0.6 is 0 Å². The Morgan fingerprint density at radius 3 is 2.40 bits per heavy atom. The van der Waals surface area contributed by atoms with Gasteiger partial charge >= 0.3 is 0 Å². The van der Waals surface area contributed by atoms with E-state index in [1.54, 1.807) is 6.92 Å². The van der Waals surface area contributed by atoms with E-state index in [4.69, 9.17) is 0 Å². The molecule has 0 unspecified atom stereocenters. The highest BCUT2D eigenvalue weighted by Gasteiger charge is 2.12. The van der Waals surface area contributed by atoms with Crippen LogP contribution in [0.1, 0.15) is 25.2 Å². The fraction of sp³-hybridized carbons (Fsp3) is 0.364. The maximum atomic E-state index is 13.3. The number of imidazole rings is 1. The fourth-order valence-electron chi connectivity index (χ4n) is 1.30. The first-order valence-corrected chi connectivity index (χ1v) is 4.90. The molecule has 0 fully saturated rings. The SMILES string of the molecule is CC.Cc1nc2c(F)c(C)c(F)cc2[nH]1. The van der Waals surface area contributed by atoms with E-state index in [9.17, 15) is 8.78 Å². The zero-order chi connectivity index (χ0) is 11.6. The molecule has 2 nitrogen and oxygen atoms in total. The van der Waals surface area contributed by atoms with Gasteiger partial charge in [-0.3, -0.25) is 0 Å². The van der Waals surface area contributed by atoms with Gasteiger partial charge in [-0.05, 0) is 13.8 Å². The standard InChI is InChI=1S/C9H8F2N2.C2H6/c1-4-6(10)3-7-9(8(4)11)13-5(2)12-7;1-2/h3H,1-2H3,(H,12,13);1-2H3. The third kappa shape index (κ3) is 1.98. The number of aromatic nitrogens is 2. The van der Waals surface area contributed by atoms with Crippen molar-refractivity contribution in [1.82, 2.24) is 9.97 Å². The first kappa shape index (κ1) is 11.6. The van der Waals surface area contributed by atoms with Gasteiger partial charge in [-0.25, -0.2) is 13.8 Å². The third-order valence-electron chi connectivity index (χ3n) is 2.02. The molecule has 0 aliphatic rings. The highest BCUT2D eigenvalue weighted by atomic mass is 19.1. The van der Waals surface area contributed by atoms with Crippen LogP contribution in [0.3, 0.4) is 0 Å². The van der Waals surface area contributed by atoms with E-state index in [0.29, 0.717) is 11.3 Å². The summed E-state index contributed by atoms with van der Waals surface area (Å²) in [6.45, 7) is 7.10. The van der Waals surface area contributed by atoms with Crippen molar-refractivity contribution in [3.8, 4) is 0 Å². The van der Waals surface area contributed by atoms with Gasteiger partial charge in [0, 0.05) is 11.6 Å². The summed E-state index contributed by atoms with van der Waals surface area (Å²) in [7, 11) is 0. The normalized spacial score (nSPS) is 10.0. The molecule has 0 radical (unpaired) electrons. The first-order chi connectivity index (χ1) is 7.09. The summed E-state index contributed by atoms with van der Waals surface area (Å²) in [5, 5.41) is 0. The lowest BCUT2D eigenvalue weighted by Gasteiger charge is -1.97. The number of benzene rings is 1. The highest BCUT2D eigenvalue weighted by Crippen LogP contribution is 2.21. The summed E-state index contributed by atoms with van der Waals surface area (Å²) in [6.07, 6.45) is 0. The number of halogens is 2. The molecule has 1 aromatic carbocycles. The number of nitrogens with zero attached hydrogens (tertiary/aromatic N) is 1. The Hall–Kier alpha value is -1.45. The van der Waals surface area contributed by atoms with Crippen molar-refractivity contribution in [3.63, 3.8) is 0 Å². The van der Waals surface area contributed by atoms with E-state index in [1.807, 2.05) is 13.8 Å². The lowest BCUT2D eigenvalue weighted by Crippen LogP contribution is -1.89. The van der Waals surface area contributed by atoms with Crippen molar-refractivity contribution in [2.75, 3.05) is 0 Å². The molecule has 0 amide bonds. The zero-order valence-corrected chi connectivity index (χ0v) is 9.28. The van der Waals surface area contributed by atoms with Crippen LogP contribution in [-0.2, 0) is 0 Å². The Balaban J connectivity index is 0.000000531. The van der Waals surface area contributed by atoms with Gasteiger partial charge in [-0.2, -0.15) is 0 Å². The van der Waals surface area contributed by atoms with Gasteiger partial charge in [0.2, 0.25) is 0 Å².